The highest BCUT2D eigenvalue weighted by atomic mass is 35.5. The third-order valence-electron chi connectivity index (χ3n) is 2.79. The summed E-state index contributed by atoms with van der Waals surface area (Å²) in [6.45, 7) is 1.93. The molecule has 0 saturated heterocycles. The van der Waals surface area contributed by atoms with Crippen molar-refractivity contribution in [2.24, 2.45) is 0 Å². The van der Waals surface area contributed by atoms with E-state index in [1.807, 2.05) is 0 Å². The Morgan fingerprint density at radius 2 is 1.77 bits per heavy atom. The van der Waals surface area contributed by atoms with Gasteiger partial charge < -0.3 is 14.0 Å². The molecule has 0 radical (unpaired) electrons. The van der Waals surface area contributed by atoms with E-state index >= 15 is 0 Å². The lowest BCUT2D eigenvalue weighted by Crippen LogP contribution is -2.11. The molecule has 0 saturated carbocycles. The Bertz CT molecular complexity index is 741. The molecule has 2 aromatic rings. The topological polar surface area (TPSA) is 72.8 Å². The standard InChI is InChI=1S/C15H15ClO5S/c1-2-20-15-9-11(10-17)3-8-14(15)21-22(18,19)13-6-4-12(16)5-7-13/h3-9,17H,2,10H2,1H3. The molecule has 0 amide bonds. The van der Waals surface area contributed by atoms with Crippen LogP contribution in [0.4, 0.5) is 0 Å². The predicted octanol–water partition coefficient (Wildman–Crippen LogP) is 3.00. The molecule has 0 fully saturated rings. The third kappa shape index (κ3) is 3.91. The second-order valence-corrected chi connectivity index (χ2v) is 6.35. The molecule has 22 heavy (non-hydrogen) atoms. The van der Waals surface area contributed by atoms with Gasteiger partial charge in [-0.05, 0) is 48.9 Å². The van der Waals surface area contributed by atoms with Gasteiger partial charge in [0.1, 0.15) is 4.90 Å². The van der Waals surface area contributed by atoms with E-state index in [2.05, 4.69) is 0 Å². The summed E-state index contributed by atoms with van der Waals surface area (Å²) >= 11 is 5.74. The second kappa shape index (κ2) is 7.00. The first kappa shape index (κ1) is 16.6. The van der Waals surface area contributed by atoms with E-state index in [9.17, 15) is 8.42 Å². The van der Waals surface area contributed by atoms with E-state index in [1.54, 1.807) is 13.0 Å². The Morgan fingerprint density at radius 3 is 2.36 bits per heavy atom. The maximum absolute atomic E-state index is 12.3. The molecule has 5 nitrogen and oxygen atoms in total. The van der Waals surface area contributed by atoms with Crippen molar-refractivity contribution in [3.63, 3.8) is 0 Å². The zero-order chi connectivity index (χ0) is 16.2. The number of halogens is 1. The minimum absolute atomic E-state index is 0.00872. The minimum Gasteiger partial charge on any atom is -0.490 e. The summed E-state index contributed by atoms with van der Waals surface area (Å²) in [6, 6.07) is 10.2. The molecule has 0 bridgehead atoms. The Kier molecular flexibility index (Phi) is 5.28. The Morgan fingerprint density at radius 1 is 1.09 bits per heavy atom. The van der Waals surface area contributed by atoms with E-state index in [0.717, 1.165) is 0 Å². The second-order valence-electron chi connectivity index (χ2n) is 4.36. The maximum Gasteiger partial charge on any atom is 0.339 e. The van der Waals surface area contributed by atoms with Crippen molar-refractivity contribution in [2.75, 3.05) is 6.61 Å². The van der Waals surface area contributed by atoms with Gasteiger partial charge in [-0.25, -0.2) is 0 Å². The summed E-state index contributed by atoms with van der Waals surface area (Å²) in [4.78, 5) is -0.00872. The number of benzene rings is 2. The SMILES string of the molecule is CCOc1cc(CO)ccc1OS(=O)(=O)c1ccc(Cl)cc1. The zero-order valence-electron chi connectivity index (χ0n) is 11.8. The quantitative estimate of drug-likeness (QED) is 0.817. The van der Waals surface area contributed by atoms with Gasteiger partial charge in [-0.3, -0.25) is 0 Å². The van der Waals surface area contributed by atoms with Crippen LogP contribution in [0.3, 0.4) is 0 Å². The van der Waals surface area contributed by atoms with Gasteiger partial charge in [-0.15, -0.1) is 0 Å². The van der Waals surface area contributed by atoms with Gasteiger partial charge >= 0.3 is 10.1 Å². The highest BCUT2D eigenvalue weighted by Gasteiger charge is 2.19. The highest BCUT2D eigenvalue weighted by Crippen LogP contribution is 2.31. The summed E-state index contributed by atoms with van der Waals surface area (Å²) in [5.41, 5.74) is 0.597. The first-order chi connectivity index (χ1) is 10.5. The fraction of sp³-hybridized carbons (Fsp3) is 0.200. The molecule has 0 heterocycles. The molecular formula is C15H15ClO5S. The van der Waals surface area contributed by atoms with Crippen LogP contribution in [0.15, 0.2) is 47.4 Å². The number of hydrogen-bond donors (Lipinski definition) is 1. The third-order valence-corrected chi connectivity index (χ3v) is 4.29. The molecule has 0 atom stereocenters. The van der Waals surface area contributed by atoms with Crippen LogP contribution in [0.25, 0.3) is 0 Å². The molecule has 7 heteroatoms. The van der Waals surface area contributed by atoms with Crippen molar-refractivity contribution < 1.29 is 22.4 Å². The van der Waals surface area contributed by atoms with Crippen LogP contribution in [0.2, 0.25) is 5.02 Å². The number of ether oxygens (including phenoxy) is 1. The number of aliphatic hydroxyl groups excluding tert-OH is 1. The van der Waals surface area contributed by atoms with Crippen LogP contribution in [-0.4, -0.2) is 20.1 Å². The van der Waals surface area contributed by atoms with E-state index in [4.69, 9.17) is 25.6 Å². The van der Waals surface area contributed by atoms with Crippen LogP contribution in [0.1, 0.15) is 12.5 Å². The monoisotopic (exact) mass is 342 g/mol. The van der Waals surface area contributed by atoms with E-state index in [0.29, 0.717) is 17.2 Å². The molecule has 0 unspecified atom stereocenters. The predicted molar refractivity (Wildman–Crippen MR) is 82.8 cm³/mol. The van der Waals surface area contributed by atoms with Crippen molar-refractivity contribution in [2.45, 2.75) is 18.4 Å². The molecule has 1 N–H and O–H groups in total. The zero-order valence-corrected chi connectivity index (χ0v) is 13.4. The average Bonchev–Trinajstić information content (AvgIpc) is 2.49. The summed E-state index contributed by atoms with van der Waals surface area (Å²) < 4.78 is 35.0. The van der Waals surface area contributed by atoms with Crippen LogP contribution < -0.4 is 8.92 Å². The van der Waals surface area contributed by atoms with Crippen molar-refractivity contribution in [1.82, 2.24) is 0 Å². The lowest BCUT2D eigenvalue weighted by Gasteiger charge is -2.13. The minimum atomic E-state index is -3.99. The molecule has 0 aliphatic carbocycles. The van der Waals surface area contributed by atoms with E-state index in [1.165, 1.54) is 36.4 Å². The average molecular weight is 343 g/mol. The molecule has 0 aliphatic heterocycles. The molecular weight excluding hydrogens is 328 g/mol. The normalized spacial score (nSPS) is 11.2. The van der Waals surface area contributed by atoms with Crippen LogP contribution in [0, 0.1) is 0 Å². The molecule has 0 aliphatic rings. The number of rotatable bonds is 6. The van der Waals surface area contributed by atoms with Crippen LogP contribution >= 0.6 is 11.6 Å². The maximum atomic E-state index is 12.3. The molecule has 0 spiro atoms. The summed E-state index contributed by atoms with van der Waals surface area (Å²) in [5.74, 6) is 0.320. The highest BCUT2D eigenvalue weighted by molar-refractivity contribution is 7.87. The molecule has 118 valence electrons. The van der Waals surface area contributed by atoms with Crippen molar-refractivity contribution in [3.05, 3.63) is 53.1 Å². The molecule has 2 rings (SSSR count). The smallest absolute Gasteiger partial charge is 0.339 e. The van der Waals surface area contributed by atoms with E-state index in [-0.39, 0.29) is 23.0 Å². The Labute approximate surface area is 134 Å². The van der Waals surface area contributed by atoms with Crippen molar-refractivity contribution >= 4 is 21.7 Å². The summed E-state index contributed by atoms with van der Waals surface area (Å²) in [7, 11) is -3.99. The summed E-state index contributed by atoms with van der Waals surface area (Å²) in [6.07, 6.45) is 0. The van der Waals surface area contributed by atoms with Crippen molar-refractivity contribution in [3.8, 4) is 11.5 Å². The Balaban J connectivity index is 2.34. The fourth-order valence-electron chi connectivity index (χ4n) is 1.76. The van der Waals surface area contributed by atoms with Gasteiger partial charge in [0, 0.05) is 5.02 Å². The van der Waals surface area contributed by atoms with Gasteiger partial charge in [-0.2, -0.15) is 8.42 Å². The number of hydrogen-bond acceptors (Lipinski definition) is 5. The molecule has 2 aromatic carbocycles. The Hall–Kier alpha value is -1.76. The van der Waals surface area contributed by atoms with Gasteiger partial charge in [0.2, 0.25) is 0 Å². The first-order valence-corrected chi connectivity index (χ1v) is 8.31. The van der Waals surface area contributed by atoms with Gasteiger partial charge in [0.05, 0.1) is 13.2 Å². The number of aliphatic hydroxyl groups is 1. The summed E-state index contributed by atoms with van der Waals surface area (Å²) in [5, 5.41) is 9.56. The lowest BCUT2D eigenvalue weighted by molar-refractivity contribution is 0.279. The van der Waals surface area contributed by atoms with Gasteiger partial charge in [-0.1, -0.05) is 17.7 Å². The van der Waals surface area contributed by atoms with Gasteiger partial charge in [0.15, 0.2) is 11.5 Å². The van der Waals surface area contributed by atoms with Crippen LogP contribution in [-0.2, 0) is 16.7 Å². The van der Waals surface area contributed by atoms with Crippen LogP contribution in [0.5, 0.6) is 11.5 Å². The first-order valence-electron chi connectivity index (χ1n) is 6.53. The van der Waals surface area contributed by atoms with Crippen molar-refractivity contribution in [1.29, 1.82) is 0 Å². The molecule has 0 aromatic heterocycles. The largest absolute Gasteiger partial charge is 0.490 e. The van der Waals surface area contributed by atoms with E-state index < -0.39 is 10.1 Å². The fourth-order valence-corrected chi connectivity index (χ4v) is 2.82. The lowest BCUT2D eigenvalue weighted by atomic mass is 10.2. The van der Waals surface area contributed by atoms with Gasteiger partial charge in [0.25, 0.3) is 0 Å².